The van der Waals surface area contributed by atoms with Gasteiger partial charge < -0.3 is 28.4 Å². The molecule has 0 aromatic heterocycles. The Morgan fingerprint density at radius 2 is 1.31 bits per heavy atom. The topological polar surface area (TPSA) is 55.4 Å². The Morgan fingerprint density at radius 1 is 0.722 bits per heavy atom. The van der Waals surface area contributed by atoms with Gasteiger partial charge in [-0.2, -0.15) is 0 Å². The monoisotopic (exact) mass is 488 g/mol. The van der Waals surface area contributed by atoms with Gasteiger partial charge in [0.2, 0.25) is 0 Å². The lowest BCUT2D eigenvalue weighted by molar-refractivity contribution is -0.371. The van der Waals surface area contributed by atoms with E-state index >= 15 is 0 Å². The van der Waals surface area contributed by atoms with Crippen LogP contribution in [0.3, 0.4) is 0 Å². The second-order valence-corrected chi connectivity index (χ2v) is 8.86. The summed E-state index contributed by atoms with van der Waals surface area (Å²) in [5.41, 5.74) is 3.07. The summed E-state index contributed by atoms with van der Waals surface area (Å²) in [4.78, 5) is 0. The van der Waals surface area contributed by atoms with Crippen molar-refractivity contribution in [2.75, 3.05) is 13.2 Å². The number of benzene rings is 3. The molecule has 2 fully saturated rings. The molecule has 5 rings (SSSR count). The molecule has 0 N–H and O–H groups in total. The van der Waals surface area contributed by atoms with Crippen molar-refractivity contribution in [2.45, 2.75) is 50.2 Å². The summed E-state index contributed by atoms with van der Waals surface area (Å²) >= 11 is 0. The van der Waals surface area contributed by atoms with Gasteiger partial charge in [0.1, 0.15) is 24.4 Å². The van der Waals surface area contributed by atoms with Crippen LogP contribution in [0.25, 0.3) is 0 Å². The van der Waals surface area contributed by atoms with E-state index in [1.165, 1.54) is 0 Å². The Kier molecular flexibility index (Phi) is 8.56. The highest BCUT2D eigenvalue weighted by Gasteiger charge is 2.51. The molecule has 188 valence electrons. The maximum atomic E-state index is 6.54. The second-order valence-electron chi connectivity index (χ2n) is 8.86. The minimum Gasteiger partial charge on any atom is -0.368 e. The van der Waals surface area contributed by atoms with E-state index in [0.29, 0.717) is 26.4 Å². The number of hydrogen-bond donors (Lipinski definition) is 0. The molecule has 2 heterocycles. The molecular formula is C30H32O6. The standard InChI is InChI=1S/C30H32O6/c1-2-18-31-30-28(33-20-23-14-8-4-9-15-23)27(32-19-22-12-6-3-7-13-22)26-25(35-30)21-34-29(36-26)24-16-10-5-11-17-24/h2-17,25-30H,1,18-21H2/t25-,26+,27+,28-,29+,30?/m1/s1. The van der Waals surface area contributed by atoms with Crippen molar-refractivity contribution in [1.82, 2.24) is 0 Å². The summed E-state index contributed by atoms with van der Waals surface area (Å²) in [6, 6.07) is 30.0. The molecule has 1 unspecified atom stereocenters. The first-order chi connectivity index (χ1) is 17.8. The normalized spacial score (nSPS) is 27.8. The number of ether oxygens (including phenoxy) is 6. The van der Waals surface area contributed by atoms with Crippen LogP contribution in [0.1, 0.15) is 23.0 Å². The maximum absolute atomic E-state index is 6.54. The first-order valence-corrected chi connectivity index (χ1v) is 12.3. The molecular weight excluding hydrogens is 456 g/mol. The van der Waals surface area contributed by atoms with Gasteiger partial charge >= 0.3 is 0 Å². The third kappa shape index (κ3) is 6.10. The van der Waals surface area contributed by atoms with Crippen LogP contribution < -0.4 is 0 Å². The minimum atomic E-state index is -0.658. The molecule has 0 spiro atoms. The van der Waals surface area contributed by atoms with Crippen LogP contribution in [0.4, 0.5) is 0 Å². The van der Waals surface area contributed by atoms with Crippen molar-refractivity contribution in [2.24, 2.45) is 0 Å². The zero-order valence-electron chi connectivity index (χ0n) is 20.2. The second kappa shape index (κ2) is 12.4. The average molecular weight is 489 g/mol. The summed E-state index contributed by atoms with van der Waals surface area (Å²) in [5.74, 6) is 0. The average Bonchev–Trinajstić information content (AvgIpc) is 2.95. The smallest absolute Gasteiger partial charge is 0.187 e. The highest BCUT2D eigenvalue weighted by Crippen LogP contribution is 2.37. The molecule has 36 heavy (non-hydrogen) atoms. The lowest BCUT2D eigenvalue weighted by atomic mass is 9.97. The Labute approximate surface area is 212 Å². The van der Waals surface area contributed by atoms with E-state index in [0.717, 1.165) is 16.7 Å². The number of hydrogen-bond acceptors (Lipinski definition) is 6. The summed E-state index contributed by atoms with van der Waals surface area (Å²) < 4.78 is 37.9. The quantitative estimate of drug-likeness (QED) is 0.366. The van der Waals surface area contributed by atoms with Gasteiger partial charge in [0.05, 0.1) is 26.4 Å². The summed E-state index contributed by atoms with van der Waals surface area (Å²) in [5, 5.41) is 0. The lowest BCUT2D eigenvalue weighted by Crippen LogP contribution is -2.63. The molecule has 0 radical (unpaired) electrons. The summed E-state index contributed by atoms with van der Waals surface area (Å²) in [6.45, 7) is 5.27. The molecule has 6 atom stereocenters. The fourth-order valence-corrected chi connectivity index (χ4v) is 4.52. The first-order valence-electron chi connectivity index (χ1n) is 12.3. The van der Waals surface area contributed by atoms with Crippen molar-refractivity contribution in [3.63, 3.8) is 0 Å². The zero-order chi connectivity index (χ0) is 24.6. The summed E-state index contributed by atoms with van der Waals surface area (Å²) in [7, 11) is 0. The third-order valence-electron chi connectivity index (χ3n) is 6.30. The molecule has 0 amide bonds. The number of fused-ring (bicyclic) bond motifs is 1. The third-order valence-corrected chi connectivity index (χ3v) is 6.30. The molecule has 6 nitrogen and oxygen atoms in total. The van der Waals surface area contributed by atoms with Crippen molar-refractivity contribution in [3.8, 4) is 0 Å². The van der Waals surface area contributed by atoms with E-state index < -0.39 is 30.9 Å². The van der Waals surface area contributed by atoms with Crippen LogP contribution >= 0.6 is 0 Å². The van der Waals surface area contributed by atoms with Gasteiger partial charge in [0.25, 0.3) is 0 Å². The van der Waals surface area contributed by atoms with E-state index in [1.807, 2.05) is 91.0 Å². The largest absolute Gasteiger partial charge is 0.368 e. The minimum absolute atomic E-state index is 0.326. The van der Waals surface area contributed by atoms with Gasteiger partial charge in [-0.25, -0.2) is 0 Å². The Morgan fingerprint density at radius 3 is 1.92 bits per heavy atom. The van der Waals surface area contributed by atoms with Gasteiger partial charge in [-0.05, 0) is 11.1 Å². The van der Waals surface area contributed by atoms with Crippen molar-refractivity contribution in [3.05, 3.63) is 120 Å². The van der Waals surface area contributed by atoms with Gasteiger partial charge in [0.15, 0.2) is 12.6 Å². The SMILES string of the molecule is C=CCOC1O[C@@H]2CO[C@H](c3ccccc3)O[C@@H]2[C@H](OCc2ccccc2)[C@H]1OCc1ccccc1. The van der Waals surface area contributed by atoms with Crippen LogP contribution in [-0.2, 0) is 41.6 Å². The predicted molar refractivity (Wildman–Crippen MR) is 135 cm³/mol. The summed E-state index contributed by atoms with van der Waals surface area (Å²) in [6.07, 6.45) is -1.21. The van der Waals surface area contributed by atoms with Crippen LogP contribution in [0.5, 0.6) is 0 Å². The van der Waals surface area contributed by atoms with Crippen molar-refractivity contribution >= 4 is 0 Å². The molecule has 2 aliphatic rings. The van der Waals surface area contributed by atoms with E-state index in [2.05, 4.69) is 6.58 Å². The van der Waals surface area contributed by atoms with Crippen molar-refractivity contribution in [1.29, 1.82) is 0 Å². The van der Waals surface area contributed by atoms with Gasteiger partial charge in [-0.3, -0.25) is 0 Å². The van der Waals surface area contributed by atoms with Gasteiger partial charge in [0, 0.05) is 5.56 Å². The van der Waals surface area contributed by atoms with E-state index in [9.17, 15) is 0 Å². The van der Waals surface area contributed by atoms with Crippen molar-refractivity contribution < 1.29 is 28.4 Å². The molecule has 0 aliphatic carbocycles. The van der Waals surface area contributed by atoms with E-state index in [4.69, 9.17) is 28.4 Å². The fourth-order valence-electron chi connectivity index (χ4n) is 4.52. The molecule has 3 aromatic carbocycles. The van der Waals surface area contributed by atoms with Crippen LogP contribution in [-0.4, -0.2) is 43.9 Å². The van der Waals surface area contributed by atoms with Crippen LogP contribution in [0.2, 0.25) is 0 Å². The lowest BCUT2D eigenvalue weighted by Gasteiger charge is -2.48. The predicted octanol–water partition coefficient (Wildman–Crippen LogP) is 5.20. The molecule has 2 aliphatic heterocycles. The van der Waals surface area contributed by atoms with Gasteiger partial charge in [-0.1, -0.05) is 97.1 Å². The fraction of sp³-hybridized carbons (Fsp3) is 0.333. The molecule has 3 aromatic rings. The highest BCUT2D eigenvalue weighted by atomic mass is 16.8. The maximum Gasteiger partial charge on any atom is 0.187 e. The Hall–Kier alpha value is -2.84. The molecule has 2 saturated heterocycles. The molecule has 0 bridgehead atoms. The first kappa shape index (κ1) is 24.8. The zero-order valence-corrected chi connectivity index (χ0v) is 20.2. The van der Waals surface area contributed by atoms with Crippen LogP contribution in [0, 0.1) is 0 Å². The molecule has 0 saturated carbocycles. The molecule has 6 heteroatoms. The Balaban J connectivity index is 1.40. The van der Waals surface area contributed by atoms with Crippen LogP contribution in [0.15, 0.2) is 104 Å². The van der Waals surface area contributed by atoms with E-state index in [-0.39, 0.29) is 6.10 Å². The van der Waals surface area contributed by atoms with E-state index in [1.54, 1.807) is 6.08 Å². The number of rotatable bonds is 10. The Bertz CT molecular complexity index is 1060. The van der Waals surface area contributed by atoms with Gasteiger partial charge in [-0.15, -0.1) is 6.58 Å². The highest BCUT2D eigenvalue weighted by molar-refractivity contribution is 5.17.